The Bertz CT molecular complexity index is 1160. The van der Waals surface area contributed by atoms with Gasteiger partial charge in [0.1, 0.15) is 10.9 Å². The summed E-state index contributed by atoms with van der Waals surface area (Å²) in [5.41, 5.74) is 11.9. The zero-order valence-electron chi connectivity index (χ0n) is 22.0. The van der Waals surface area contributed by atoms with E-state index in [1.165, 1.54) is 21.3 Å². The van der Waals surface area contributed by atoms with Crippen LogP contribution in [0, 0.1) is 0 Å². The summed E-state index contributed by atoms with van der Waals surface area (Å²) in [6, 6.07) is 2.18. The Morgan fingerprint density at radius 3 is 2.08 bits per heavy atom. The van der Waals surface area contributed by atoms with Gasteiger partial charge in [-0.1, -0.05) is 25.7 Å². The topological polar surface area (TPSA) is 159 Å². The summed E-state index contributed by atoms with van der Waals surface area (Å²) in [6.45, 7) is 0. The maximum atomic E-state index is 14.2. The van der Waals surface area contributed by atoms with Crippen LogP contribution in [0.2, 0.25) is 0 Å². The first-order valence-electron chi connectivity index (χ1n) is 12.8. The zero-order chi connectivity index (χ0) is 27.4. The van der Waals surface area contributed by atoms with Crippen LogP contribution in [0.5, 0.6) is 17.2 Å². The molecule has 11 nitrogen and oxygen atoms in total. The molecule has 3 amide bonds. The summed E-state index contributed by atoms with van der Waals surface area (Å²) >= 11 is 0.810. The van der Waals surface area contributed by atoms with E-state index in [1.807, 2.05) is 0 Å². The fourth-order valence-corrected chi connectivity index (χ4v) is 6.22. The highest BCUT2D eigenvalue weighted by atomic mass is 32.1. The fraction of sp³-hybridized carbons (Fsp3) is 0.538. The van der Waals surface area contributed by atoms with E-state index in [0.717, 1.165) is 62.9 Å². The lowest BCUT2D eigenvalue weighted by Crippen LogP contribution is -2.49. The van der Waals surface area contributed by atoms with Gasteiger partial charge >= 0.3 is 0 Å². The molecule has 2 aliphatic carbocycles. The lowest BCUT2D eigenvalue weighted by Gasteiger charge is -2.36. The molecule has 38 heavy (non-hydrogen) atoms. The van der Waals surface area contributed by atoms with E-state index in [4.69, 9.17) is 25.7 Å². The van der Waals surface area contributed by atoms with Gasteiger partial charge in [-0.25, -0.2) is 0 Å². The highest BCUT2D eigenvalue weighted by Gasteiger charge is 2.41. The molecule has 12 heteroatoms. The third-order valence-corrected chi connectivity index (χ3v) is 8.19. The number of nitrogen functional groups attached to an aromatic ring is 1. The average molecular weight is 546 g/mol. The number of hydrogen-bond acceptors (Lipinski definition) is 9. The SMILES string of the molecule is COc1cc([C@H](C(=O)NC2CCCC2)N(C(=O)c2snc(C(N)=O)c2N)C2CCCC2)cc(OC)c1OC. The van der Waals surface area contributed by atoms with Gasteiger partial charge in [-0.15, -0.1) is 0 Å². The smallest absolute Gasteiger partial charge is 0.270 e. The zero-order valence-corrected chi connectivity index (χ0v) is 22.8. The van der Waals surface area contributed by atoms with Gasteiger partial charge in [-0.3, -0.25) is 14.4 Å². The third kappa shape index (κ3) is 5.35. The maximum Gasteiger partial charge on any atom is 0.270 e. The van der Waals surface area contributed by atoms with Crippen molar-refractivity contribution in [2.75, 3.05) is 27.1 Å². The monoisotopic (exact) mass is 545 g/mol. The number of benzene rings is 1. The molecule has 0 radical (unpaired) electrons. The first kappa shape index (κ1) is 27.5. The largest absolute Gasteiger partial charge is 0.493 e. The molecule has 0 unspecified atom stereocenters. The van der Waals surface area contributed by atoms with E-state index in [-0.39, 0.29) is 34.2 Å². The number of ether oxygens (including phenoxy) is 3. The molecule has 4 rings (SSSR count). The van der Waals surface area contributed by atoms with Crippen LogP contribution in [0.15, 0.2) is 12.1 Å². The molecular weight excluding hydrogens is 510 g/mol. The summed E-state index contributed by atoms with van der Waals surface area (Å²) in [4.78, 5) is 41.7. The molecule has 1 aromatic heterocycles. The summed E-state index contributed by atoms with van der Waals surface area (Å²) in [7, 11) is 4.50. The van der Waals surface area contributed by atoms with Crippen molar-refractivity contribution in [3.63, 3.8) is 0 Å². The van der Waals surface area contributed by atoms with Crippen LogP contribution in [0.4, 0.5) is 5.69 Å². The summed E-state index contributed by atoms with van der Waals surface area (Å²) in [5, 5.41) is 3.17. The molecule has 2 fully saturated rings. The lowest BCUT2D eigenvalue weighted by atomic mass is 9.99. The van der Waals surface area contributed by atoms with E-state index in [2.05, 4.69) is 9.69 Å². The second kappa shape index (κ2) is 11.9. The first-order chi connectivity index (χ1) is 18.3. The molecule has 0 bridgehead atoms. The number of anilines is 1. The van der Waals surface area contributed by atoms with Gasteiger partial charge in [0.2, 0.25) is 11.7 Å². The van der Waals surface area contributed by atoms with Crippen molar-refractivity contribution in [2.24, 2.45) is 5.73 Å². The van der Waals surface area contributed by atoms with Crippen LogP contribution in [0.25, 0.3) is 0 Å². The molecule has 2 aliphatic rings. The lowest BCUT2D eigenvalue weighted by molar-refractivity contribution is -0.127. The van der Waals surface area contributed by atoms with Crippen molar-refractivity contribution in [1.82, 2.24) is 14.6 Å². The van der Waals surface area contributed by atoms with Crippen molar-refractivity contribution in [1.29, 1.82) is 0 Å². The molecule has 5 N–H and O–H groups in total. The maximum absolute atomic E-state index is 14.2. The molecule has 2 aromatic rings. The van der Waals surface area contributed by atoms with Gasteiger partial charge < -0.3 is 35.9 Å². The highest BCUT2D eigenvalue weighted by Crippen LogP contribution is 2.43. The Balaban J connectivity index is 1.86. The minimum atomic E-state index is -1.02. The van der Waals surface area contributed by atoms with Crippen LogP contribution in [0.1, 0.15) is 83.1 Å². The number of carbonyl (C=O) groups excluding carboxylic acids is 3. The second-order valence-corrected chi connectivity index (χ2v) is 10.4. The van der Waals surface area contributed by atoms with Crippen LogP contribution in [-0.4, -0.2) is 60.4 Å². The van der Waals surface area contributed by atoms with Crippen molar-refractivity contribution in [3.05, 3.63) is 28.3 Å². The number of amides is 3. The van der Waals surface area contributed by atoms with Crippen molar-refractivity contribution in [3.8, 4) is 17.2 Å². The fourth-order valence-electron chi connectivity index (χ4n) is 5.47. The van der Waals surface area contributed by atoms with Crippen LogP contribution >= 0.6 is 11.5 Å². The Morgan fingerprint density at radius 1 is 1.00 bits per heavy atom. The Kier molecular flexibility index (Phi) is 8.60. The van der Waals surface area contributed by atoms with Crippen LogP contribution in [-0.2, 0) is 4.79 Å². The number of nitrogens with two attached hydrogens (primary N) is 2. The predicted molar refractivity (Wildman–Crippen MR) is 143 cm³/mol. The van der Waals surface area contributed by atoms with Gasteiger partial charge in [-0.2, -0.15) is 4.37 Å². The Morgan fingerprint density at radius 2 is 1.58 bits per heavy atom. The molecule has 0 spiro atoms. The second-order valence-electron chi connectivity index (χ2n) is 9.64. The average Bonchev–Trinajstić information content (AvgIpc) is 3.68. The number of rotatable bonds is 10. The molecule has 206 valence electrons. The quantitative estimate of drug-likeness (QED) is 0.411. The molecule has 1 aromatic carbocycles. The third-order valence-electron chi connectivity index (χ3n) is 7.34. The first-order valence-corrected chi connectivity index (χ1v) is 13.6. The summed E-state index contributed by atoms with van der Waals surface area (Å²) in [5.74, 6) is -0.472. The minimum absolute atomic E-state index is 0.0301. The molecular formula is C26H35N5O6S. The Labute approximate surface area is 225 Å². The number of nitrogens with zero attached hydrogens (tertiary/aromatic N) is 2. The number of primary amides is 1. The van der Waals surface area contributed by atoms with Crippen molar-refractivity contribution >= 4 is 34.9 Å². The van der Waals surface area contributed by atoms with E-state index in [0.29, 0.717) is 22.8 Å². The summed E-state index contributed by atoms with van der Waals surface area (Å²) < 4.78 is 20.6. The molecule has 2 saturated carbocycles. The number of aromatic nitrogens is 1. The standard InChI is InChI=1S/C26H35N5O6S/c1-35-17-12-14(13-18(36-2)22(17)37-3)21(25(33)29-15-8-4-5-9-15)31(16-10-6-7-11-16)26(34)23-19(27)20(24(28)32)30-38-23/h12-13,15-16,21H,4-11,27H2,1-3H3,(H2,28,32)(H,29,33)/t21-/m1/s1. The van der Waals surface area contributed by atoms with E-state index in [9.17, 15) is 14.4 Å². The number of carbonyl (C=O) groups is 3. The summed E-state index contributed by atoms with van der Waals surface area (Å²) in [6.07, 6.45) is 7.15. The number of nitrogens with one attached hydrogen (secondary N) is 1. The Hall–Kier alpha value is -3.54. The normalized spacial score (nSPS) is 16.7. The van der Waals surface area contributed by atoms with E-state index < -0.39 is 17.9 Å². The van der Waals surface area contributed by atoms with Gasteiger partial charge in [0.05, 0.1) is 27.0 Å². The molecule has 1 heterocycles. The molecule has 0 saturated heterocycles. The highest BCUT2D eigenvalue weighted by molar-refractivity contribution is 7.09. The minimum Gasteiger partial charge on any atom is -0.493 e. The van der Waals surface area contributed by atoms with Crippen LogP contribution < -0.4 is 31.0 Å². The van der Waals surface area contributed by atoms with Gasteiger partial charge in [0.25, 0.3) is 11.8 Å². The van der Waals surface area contributed by atoms with Gasteiger partial charge in [0, 0.05) is 12.1 Å². The predicted octanol–water partition coefficient (Wildman–Crippen LogP) is 3.03. The van der Waals surface area contributed by atoms with E-state index in [1.54, 1.807) is 17.0 Å². The van der Waals surface area contributed by atoms with Gasteiger partial charge in [-0.05, 0) is 54.9 Å². The molecule has 1 atom stereocenters. The van der Waals surface area contributed by atoms with Crippen molar-refractivity contribution < 1.29 is 28.6 Å². The van der Waals surface area contributed by atoms with Crippen molar-refractivity contribution in [2.45, 2.75) is 69.5 Å². The van der Waals surface area contributed by atoms with Gasteiger partial charge in [0.15, 0.2) is 17.2 Å². The molecule has 0 aliphatic heterocycles. The van der Waals surface area contributed by atoms with Crippen LogP contribution in [0.3, 0.4) is 0 Å². The number of methoxy groups -OCH3 is 3. The van der Waals surface area contributed by atoms with E-state index >= 15 is 0 Å². The number of hydrogen-bond donors (Lipinski definition) is 3.